The number of ether oxygens (including phenoxy) is 2. The van der Waals surface area contributed by atoms with Gasteiger partial charge in [0.25, 0.3) is 10.0 Å². The molecule has 110 valence electrons. The molecule has 0 radical (unpaired) electrons. The Labute approximate surface area is 121 Å². The summed E-state index contributed by atoms with van der Waals surface area (Å²) in [5.41, 5.74) is 0.893. The molecule has 8 heteroatoms. The molecule has 0 aliphatic carbocycles. The van der Waals surface area contributed by atoms with Crippen LogP contribution in [0, 0.1) is 0 Å². The van der Waals surface area contributed by atoms with Crippen molar-refractivity contribution >= 4 is 15.7 Å². The van der Waals surface area contributed by atoms with E-state index in [-0.39, 0.29) is 18.4 Å². The smallest absolute Gasteiger partial charge is 0.279 e. The summed E-state index contributed by atoms with van der Waals surface area (Å²) in [6, 6.07) is 7.58. The van der Waals surface area contributed by atoms with E-state index < -0.39 is 10.0 Å². The normalized spacial score (nSPS) is 13.2. The molecule has 0 bridgehead atoms. The van der Waals surface area contributed by atoms with Gasteiger partial charge < -0.3 is 14.6 Å². The molecule has 7 nitrogen and oxygen atoms in total. The molecule has 2 heterocycles. The fourth-order valence-corrected chi connectivity index (χ4v) is 2.81. The van der Waals surface area contributed by atoms with Crippen molar-refractivity contribution in [3.63, 3.8) is 0 Å². The van der Waals surface area contributed by atoms with E-state index in [1.807, 2.05) is 0 Å². The van der Waals surface area contributed by atoms with E-state index in [4.69, 9.17) is 14.6 Å². The molecule has 0 saturated carbocycles. The predicted molar refractivity (Wildman–Crippen MR) is 73.5 cm³/mol. The monoisotopic (exact) mass is 308 g/mol. The number of nitrogens with one attached hydrogen (secondary N) is 1. The van der Waals surface area contributed by atoms with Crippen LogP contribution in [0.25, 0.3) is 0 Å². The van der Waals surface area contributed by atoms with Gasteiger partial charge in [0.05, 0.1) is 12.3 Å². The summed E-state index contributed by atoms with van der Waals surface area (Å²) in [4.78, 5) is 3.82. The average Bonchev–Trinajstić information content (AvgIpc) is 2.94. The van der Waals surface area contributed by atoms with Crippen molar-refractivity contribution in [2.24, 2.45) is 0 Å². The zero-order chi connectivity index (χ0) is 14.9. The largest absolute Gasteiger partial charge is 0.454 e. The number of aliphatic hydroxyl groups excluding tert-OH is 1. The Hall–Kier alpha value is -2.32. The first-order chi connectivity index (χ1) is 10.1. The number of nitrogens with zero attached hydrogens (tertiary/aromatic N) is 1. The summed E-state index contributed by atoms with van der Waals surface area (Å²) < 4.78 is 37.1. The highest BCUT2D eigenvalue weighted by molar-refractivity contribution is 7.92. The highest BCUT2D eigenvalue weighted by Gasteiger charge is 2.18. The number of hydrogen-bond acceptors (Lipinski definition) is 6. The first-order valence-electron chi connectivity index (χ1n) is 6.07. The lowest BCUT2D eigenvalue weighted by Gasteiger charge is -2.08. The molecule has 0 atom stereocenters. The molecule has 1 aliphatic rings. The topological polar surface area (TPSA) is 97.8 Å². The van der Waals surface area contributed by atoms with Crippen LogP contribution in [-0.2, 0) is 16.6 Å². The number of anilines is 1. The maximum atomic E-state index is 12.2. The molecule has 3 rings (SSSR count). The van der Waals surface area contributed by atoms with Crippen LogP contribution in [0.4, 0.5) is 5.69 Å². The number of sulfonamides is 1. The first kappa shape index (κ1) is 13.7. The Kier molecular flexibility index (Phi) is 3.40. The molecule has 21 heavy (non-hydrogen) atoms. The Balaban J connectivity index is 1.85. The molecule has 2 N–H and O–H groups in total. The van der Waals surface area contributed by atoms with Gasteiger partial charge in [0.2, 0.25) is 6.79 Å². The standard InChI is InChI=1S/C13H12N2O5S/c16-7-9-1-4-13(14-6-9)21(17,18)15-10-2-3-11-12(5-10)20-8-19-11/h1-6,15-16H,7-8H2. The molecule has 1 aromatic heterocycles. The van der Waals surface area contributed by atoms with Gasteiger partial charge in [-0.2, -0.15) is 8.42 Å². The predicted octanol–water partition coefficient (Wildman–Crippen LogP) is 1.10. The second-order valence-corrected chi connectivity index (χ2v) is 5.97. The highest BCUT2D eigenvalue weighted by Crippen LogP contribution is 2.34. The Bertz CT molecular complexity index is 759. The number of pyridine rings is 1. The van der Waals surface area contributed by atoms with Gasteiger partial charge in [-0.05, 0) is 23.8 Å². The summed E-state index contributed by atoms with van der Waals surface area (Å²) in [7, 11) is -3.79. The number of rotatable bonds is 4. The van der Waals surface area contributed by atoms with E-state index in [0.717, 1.165) is 0 Å². The van der Waals surface area contributed by atoms with Crippen LogP contribution in [0.2, 0.25) is 0 Å². The third-order valence-corrected chi connectivity index (χ3v) is 4.18. The Morgan fingerprint density at radius 2 is 2.00 bits per heavy atom. The van der Waals surface area contributed by atoms with E-state index >= 15 is 0 Å². The number of fused-ring (bicyclic) bond motifs is 1. The zero-order valence-electron chi connectivity index (χ0n) is 10.8. The molecule has 0 saturated heterocycles. The van der Waals surface area contributed by atoms with Crippen molar-refractivity contribution in [1.82, 2.24) is 4.98 Å². The number of aliphatic hydroxyl groups is 1. The minimum atomic E-state index is -3.79. The maximum Gasteiger partial charge on any atom is 0.279 e. The van der Waals surface area contributed by atoms with E-state index in [0.29, 0.717) is 22.7 Å². The molecule has 1 aliphatic heterocycles. The van der Waals surface area contributed by atoms with Crippen LogP contribution >= 0.6 is 0 Å². The van der Waals surface area contributed by atoms with Crippen LogP contribution < -0.4 is 14.2 Å². The highest BCUT2D eigenvalue weighted by atomic mass is 32.2. The summed E-state index contributed by atoms with van der Waals surface area (Å²) in [6.45, 7) is -0.0708. The molecule has 0 amide bonds. The van der Waals surface area contributed by atoms with Gasteiger partial charge in [-0.1, -0.05) is 6.07 Å². The molecule has 0 unspecified atom stereocenters. The average molecular weight is 308 g/mol. The van der Waals surface area contributed by atoms with E-state index in [1.54, 1.807) is 18.2 Å². The van der Waals surface area contributed by atoms with Gasteiger partial charge >= 0.3 is 0 Å². The number of benzene rings is 1. The van der Waals surface area contributed by atoms with Crippen LogP contribution in [0.5, 0.6) is 11.5 Å². The van der Waals surface area contributed by atoms with Gasteiger partial charge in [0.1, 0.15) is 0 Å². The van der Waals surface area contributed by atoms with Crippen molar-refractivity contribution in [3.8, 4) is 11.5 Å². The zero-order valence-corrected chi connectivity index (χ0v) is 11.6. The second-order valence-electron chi connectivity index (χ2n) is 4.34. The minimum Gasteiger partial charge on any atom is -0.454 e. The van der Waals surface area contributed by atoms with Gasteiger partial charge in [0.15, 0.2) is 16.5 Å². The number of hydrogen-bond donors (Lipinski definition) is 2. The van der Waals surface area contributed by atoms with Crippen molar-refractivity contribution in [2.75, 3.05) is 11.5 Å². The van der Waals surface area contributed by atoms with Crippen molar-refractivity contribution in [2.45, 2.75) is 11.6 Å². The summed E-state index contributed by atoms with van der Waals surface area (Å²) in [6.07, 6.45) is 1.31. The van der Waals surface area contributed by atoms with Crippen LogP contribution in [-0.4, -0.2) is 25.3 Å². The lowest BCUT2D eigenvalue weighted by Crippen LogP contribution is -2.14. The third kappa shape index (κ3) is 2.76. The molecule has 2 aromatic rings. The second kappa shape index (κ2) is 5.23. The maximum absolute atomic E-state index is 12.2. The summed E-state index contributed by atoms with van der Waals surface area (Å²) in [5, 5.41) is 8.80. The van der Waals surface area contributed by atoms with Crippen LogP contribution in [0.1, 0.15) is 5.56 Å². The fourth-order valence-electron chi connectivity index (χ4n) is 1.83. The summed E-state index contributed by atoms with van der Waals surface area (Å²) >= 11 is 0. The van der Waals surface area contributed by atoms with Crippen molar-refractivity contribution in [3.05, 3.63) is 42.1 Å². The van der Waals surface area contributed by atoms with Crippen molar-refractivity contribution in [1.29, 1.82) is 0 Å². The quantitative estimate of drug-likeness (QED) is 0.878. The van der Waals surface area contributed by atoms with Gasteiger partial charge in [-0.3, -0.25) is 4.72 Å². The first-order valence-corrected chi connectivity index (χ1v) is 7.55. The molecular weight excluding hydrogens is 296 g/mol. The van der Waals surface area contributed by atoms with Crippen molar-refractivity contribution < 1.29 is 23.0 Å². The molecule has 0 spiro atoms. The van der Waals surface area contributed by atoms with E-state index in [1.165, 1.54) is 18.3 Å². The fraction of sp³-hybridized carbons (Fsp3) is 0.154. The molecular formula is C13H12N2O5S. The van der Waals surface area contributed by atoms with E-state index in [9.17, 15) is 8.42 Å². The van der Waals surface area contributed by atoms with Gasteiger partial charge in [-0.15, -0.1) is 0 Å². The lowest BCUT2D eigenvalue weighted by atomic mass is 10.3. The van der Waals surface area contributed by atoms with E-state index in [2.05, 4.69) is 9.71 Å². The molecule has 0 fully saturated rings. The summed E-state index contributed by atoms with van der Waals surface area (Å²) in [5.74, 6) is 1.06. The Morgan fingerprint density at radius 1 is 1.19 bits per heavy atom. The lowest BCUT2D eigenvalue weighted by molar-refractivity contribution is 0.174. The van der Waals surface area contributed by atoms with Gasteiger partial charge in [0, 0.05) is 12.3 Å². The number of aromatic nitrogens is 1. The van der Waals surface area contributed by atoms with Gasteiger partial charge in [-0.25, -0.2) is 4.98 Å². The van der Waals surface area contributed by atoms with Crippen LogP contribution in [0.3, 0.4) is 0 Å². The molecule has 1 aromatic carbocycles. The third-order valence-electron chi connectivity index (χ3n) is 2.88. The van der Waals surface area contributed by atoms with Crippen LogP contribution in [0.15, 0.2) is 41.6 Å². The Morgan fingerprint density at radius 3 is 2.71 bits per heavy atom. The SMILES string of the molecule is O=S(=O)(Nc1ccc2c(c1)OCO2)c1ccc(CO)cn1. The minimum absolute atomic E-state index is 0.121.